The zero-order chi connectivity index (χ0) is 24.5. The molecule has 34 heavy (non-hydrogen) atoms. The summed E-state index contributed by atoms with van der Waals surface area (Å²) >= 11 is 0. The smallest absolute Gasteiger partial charge is 0.243 e. The van der Waals surface area contributed by atoms with Gasteiger partial charge in [0.2, 0.25) is 11.8 Å². The van der Waals surface area contributed by atoms with Gasteiger partial charge in [0.05, 0.1) is 6.42 Å². The lowest BCUT2D eigenvalue weighted by molar-refractivity contribution is -0.140. The Morgan fingerprint density at radius 1 is 0.853 bits per heavy atom. The first kappa shape index (κ1) is 25.2. The standard InChI is InChI=1S/C30H36N2O2/c1-5-17-31-30(34)28(19-25-9-7-6-8-10-25)32(21-26-15-12-22(2)13-16-26)29(33)20-27-18-23(3)11-14-24(27)4/h6-16,18,28H,5,17,19-21H2,1-4H3,(H,31,34). The number of nitrogens with one attached hydrogen (secondary N) is 1. The fourth-order valence-electron chi connectivity index (χ4n) is 4.07. The van der Waals surface area contributed by atoms with Crippen LogP contribution in [0.5, 0.6) is 0 Å². The van der Waals surface area contributed by atoms with Crippen LogP contribution in [-0.2, 0) is 29.0 Å². The molecule has 0 saturated heterocycles. The SMILES string of the molecule is CCCNC(=O)C(Cc1ccccc1)N(Cc1ccc(C)cc1)C(=O)Cc1cc(C)ccc1C. The van der Waals surface area contributed by atoms with E-state index in [0.29, 0.717) is 19.5 Å². The summed E-state index contributed by atoms with van der Waals surface area (Å²) < 4.78 is 0. The maximum atomic E-state index is 13.8. The van der Waals surface area contributed by atoms with E-state index in [0.717, 1.165) is 34.2 Å². The number of carbonyl (C=O) groups excluding carboxylic acids is 2. The second kappa shape index (κ2) is 12.2. The summed E-state index contributed by atoms with van der Waals surface area (Å²) in [6.07, 6.45) is 1.59. The fourth-order valence-corrected chi connectivity index (χ4v) is 4.07. The summed E-state index contributed by atoms with van der Waals surface area (Å²) in [4.78, 5) is 28.9. The minimum Gasteiger partial charge on any atom is -0.354 e. The van der Waals surface area contributed by atoms with Gasteiger partial charge in [-0.15, -0.1) is 0 Å². The molecule has 1 N–H and O–H groups in total. The normalized spacial score (nSPS) is 11.6. The number of benzene rings is 3. The summed E-state index contributed by atoms with van der Waals surface area (Å²) in [7, 11) is 0. The molecule has 0 fully saturated rings. The van der Waals surface area contributed by atoms with Crippen molar-refractivity contribution in [3.63, 3.8) is 0 Å². The second-order valence-electron chi connectivity index (χ2n) is 9.11. The lowest BCUT2D eigenvalue weighted by Crippen LogP contribution is -2.51. The van der Waals surface area contributed by atoms with E-state index in [1.165, 1.54) is 5.56 Å². The average molecular weight is 457 g/mol. The van der Waals surface area contributed by atoms with E-state index in [2.05, 4.69) is 23.5 Å². The Bertz CT molecular complexity index is 1090. The molecule has 0 aliphatic heterocycles. The summed E-state index contributed by atoms with van der Waals surface area (Å²) in [5.41, 5.74) is 6.43. The summed E-state index contributed by atoms with van der Waals surface area (Å²) in [6, 6.07) is 23.7. The Hall–Kier alpha value is -3.40. The predicted molar refractivity (Wildman–Crippen MR) is 139 cm³/mol. The van der Waals surface area contributed by atoms with E-state index >= 15 is 0 Å². The molecular formula is C30H36N2O2. The molecule has 2 amide bonds. The number of nitrogens with zero attached hydrogens (tertiary/aromatic N) is 1. The van der Waals surface area contributed by atoms with Gasteiger partial charge in [-0.1, -0.05) is 90.8 Å². The Morgan fingerprint density at radius 3 is 2.21 bits per heavy atom. The third-order valence-electron chi connectivity index (χ3n) is 6.14. The van der Waals surface area contributed by atoms with Crippen LogP contribution in [0.1, 0.15) is 46.7 Å². The molecule has 4 heteroatoms. The minimum atomic E-state index is -0.590. The molecule has 1 unspecified atom stereocenters. The maximum Gasteiger partial charge on any atom is 0.243 e. The molecule has 3 aromatic rings. The predicted octanol–water partition coefficient (Wildman–Crippen LogP) is 5.32. The lowest BCUT2D eigenvalue weighted by atomic mass is 9.99. The molecule has 0 spiro atoms. The molecule has 0 saturated carbocycles. The number of aryl methyl sites for hydroxylation is 3. The number of hydrogen-bond donors (Lipinski definition) is 1. The molecule has 0 aromatic heterocycles. The first-order valence-electron chi connectivity index (χ1n) is 12.1. The molecule has 0 heterocycles. The second-order valence-corrected chi connectivity index (χ2v) is 9.11. The lowest BCUT2D eigenvalue weighted by Gasteiger charge is -2.32. The molecular weight excluding hydrogens is 420 g/mol. The first-order chi connectivity index (χ1) is 16.4. The Balaban J connectivity index is 1.97. The van der Waals surface area contributed by atoms with Gasteiger partial charge in [0.15, 0.2) is 0 Å². The molecule has 4 nitrogen and oxygen atoms in total. The first-order valence-corrected chi connectivity index (χ1v) is 12.1. The third-order valence-corrected chi connectivity index (χ3v) is 6.14. The molecule has 3 rings (SSSR count). The molecule has 0 aliphatic rings. The molecule has 0 aliphatic carbocycles. The highest BCUT2D eigenvalue weighted by molar-refractivity contribution is 5.89. The molecule has 0 bridgehead atoms. The topological polar surface area (TPSA) is 49.4 Å². The van der Waals surface area contributed by atoms with E-state index < -0.39 is 6.04 Å². The zero-order valence-corrected chi connectivity index (χ0v) is 20.8. The molecule has 0 radical (unpaired) electrons. The number of amides is 2. The fraction of sp³-hybridized carbons (Fsp3) is 0.333. The van der Waals surface area contributed by atoms with Crippen LogP contribution in [0.3, 0.4) is 0 Å². The Morgan fingerprint density at radius 2 is 1.53 bits per heavy atom. The van der Waals surface area contributed by atoms with Crippen LogP contribution < -0.4 is 5.32 Å². The number of carbonyl (C=O) groups is 2. The van der Waals surface area contributed by atoms with Crippen LogP contribution in [0.15, 0.2) is 72.8 Å². The van der Waals surface area contributed by atoms with Gasteiger partial charge in [0, 0.05) is 19.5 Å². The average Bonchev–Trinajstić information content (AvgIpc) is 2.83. The monoisotopic (exact) mass is 456 g/mol. The number of rotatable bonds is 10. The summed E-state index contributed by atoms with van der Waals surface area (Å²) in [6.45, 7) is 9.12. The van der Waals surface area contributed by atoms with Crippen LogP contribution >= 0.6 is 0 Å². The van der Waals surface area contributed by atoms with Crippen molar-refractivity contribution in [2.45, 2.75) is 59.5 Å². The van der Waals surface area contributed by atoms with Gasteiger partial charge in [-0.2, -0.15) is 0 Å². The van der Waals surface area contributed by atoms with E-state index in [4.69, 9.17) is 0 Å². The molecule has 1 atom stereocenters. The van der Waals surface area contributed by atoms with Crippen molar-refractivity contribution in [2.75, 3.05) is 6.54 Å². The van der Waals surface area contributed by atoms with E-state index in [1.807, 2.05) is 82.3 Å². The molecule has 3 aromatic carbocycles. The van der Waals surface area contributed by atoms with Gasteiger partial charge in [0.25, 0.3) is 0 Å². The summed E-state index contributed by atoms with van der Waals surface area (Å²) in [5.74, 6) is -0.144. The largest absolute Gasteiger partial charge is 0.354 e. The maximum absolute atomic E-state index is 13.8. The summed E-state index contributed by atoms with van der Waals surface area (Å²) in [5, 5.41) is 3.03. The van der Waals surface area contributed by atoms with Crippen molar-refractivity contribution in [1.82, 2.24) is 10.2 Å². The van der Waals surface area contributed by atoms with Gasteiger partial charge in [0.1, 0.15) is 6.04 Å². The van der Waals surface area contributed by atoms with Gasteiger partial charge < -0.3 is 10.2 Å². The van der Waals surface area contributed by atoms with Crippen molar-refractivity contribution < 1.29 is 9.59 Å². The van der Waals surface area contributed by atoms with E-state index in [1.54, 1.807) is 4.90 Å². The van der Waals surface area contributed by atoms with Gasteiger partial charge in [-0.05, 0) is 49.4 Å². The highest BCUT2D eigenvalue weighted by Crippen LogP contribution is 2.19. The van der Waals surface area contributed by atoms with Crippen molar-refractivity contribution >= 4 is 11.8 Å². The van der Waals surface area contributed by atoms with Crippen molar-refractivity contribution in [2.24, 2.45) is 0 Å². The van der Waals surface area contributed by atoms with E-state index in [9.17, 15) is 9.59 Å². The zero-order valence-electron chi connectivity index (χ0n) is 20.8. The third kappa shape index (κ3) is 7.05. The van der Waals surface area contributed by atoms with Crippen molar-refractivity contribution in [3.8, 4) is 0 Å². The highest BCUT2D eigenvalue weighted by Gasteiger charge is 2.30. The van der Waals surface area contributed by atoms with Gasteiger partial charge >= 0.3 is 0 Å². The Labute approximate surface area is 204 Å². The number of hydrogen-bond acceptors (Lipinski definition) is 2. The van der Waals surface area contributed by atoms with Crippen molar-refractivity contribution in [3.05, 3.63) is 106 Å². The van der Waals surface area contributed by atoms with Gasteiger partial charge in [-0.3, -0.25) is 9.59 Å². The van der Waals surface area contributed by atoms with Crippen molar-refractivity contribution in [1.29, 1.82) is 0 Å². The minimum absolute atomic E-state index is 0.0399. The van der Waals surface area contributed by atoms with Gasteiger partial charge in [-0.25, -0.2) is 0 Å². The van der Waals surface area contributed by atoms with Crippen LogP contribution in [0.4, 0.5) is 0 Å². The van der Waals surface area contributed by atoms with Crippen LogP contribution in [0.25, 0.3) is 0 Å². The van der Waals surface area contributed by atoms with E-state index in [-0.39, 0.29) is 18.2 Å². The highest BCUT2D eigenvalue weighted by atomic mass is 16.2. The Kier molecular flexibility index (Phi) is 9.03. The van der Waals surface area contributed by atoms with Crippen LogP contribution in [-0.4, -0.2) is 29.3 Å². The van der Waals surface area contributed by atoms with Crippen LogP contribution in [0, 0.1) is 20.8 Å². The molecule has 178 valence electrons. The van der Waals surface area contributed by atoms with Crippen LogP contribution in [0.2, 0.25) is 0 Å². The quantitative estimate of drug-likeness (QED) is 0.449.